The quantitative estimate of drug-likeness (QED) is 0.232. The second-order valence-electron chi connectivity index (χ2n) is 9.37. The normalized spacial score (nSPS) is 11.1. The van der Waals surface area contributed by atoms with Gasteiger partial charge in [-0.1, -0.05) is 36.4 Å². The second-order valence-corrected chi connectivity index (χ2v) is 9.37. The number of nitrogens with zero attached hydrogens (tertiary/aromatic N) is 6. The molecule has 40 heavy (non-hydrogen) atoms. The Labute approximate surface area is 233 Å². The van der Waals surface area contributed by atoms with Gasteiger partial charge in [-0.05, 0) is 64.1 Å². The summed E-state index contributed by atoms with van der Waals surface area (Å²) in [5.41, 5.74) is 4.81. The lowest BCUT2D eigenvalue weighted by molar-refractivity contribution is 0.0759. The van der Waals surface area contributed by atoms with Crippen molar-refractivity contribution in [3.05, 3.63) is 84.2 Å². The molecule has 0 atom stereocenters. The minimum Gasteiger partial charge on any atom is -0.338 e. The molecule has 0 saturated carbocycles. The molecule has 4 heterocycles. The molecule has 0 spiro atoms. The van der Waals surface area contributed by atoms with Crippen molar-refractivity contribution < 1.29 is 9.59 Å². The molecule has 0 saturated heterocycles. The standard InChI is InChI=1S/C32H32N6O2/c1-5-37(6-2)31(39)27-13-9-11-23(33-27)25-19-17-21-15-16-22-18-20-26(36-30(22)29(21)35-25)24-12-10-14-28(34-24)32(40)38(7-3)8-4/h9-20H,5-8H2,1-4H3. The number of aromatic nitrogens is 4. The Bertz CT molecular complexity index is 1580. The summed E-state index contributed by atoms with van der Waals surface area (Å²) >= 11 is 0. The summed E-state index contributed by atoms with van der Waals surface area (Å²) in [5.74, 6) is -0.197. The fourth-order valence-corrected chi connectivity index (χ4v) is 4.79. The number of carbonyl (C=O) groups is 2. The summed E-state index contributed by atoms with van der Waals surface area (Å²) in [6.07, 6.45) is 0. The largest absolute Gasteiger partial charge is 0.338 e. The van der Waals surface area contributed by atoms with E-state index in [0.29, 0.717) is 60.3 Å². The number of benzene rings is 1. The maximum atomic E-state index is 12.9. The van der Waals surface area contributed by atoms with Crippen LogP contribution in [0, 0.1) is 0 Å². The van der Waals surface area contributed by atoms with E-state index in [0.717, 1.165) is 21.8 Å². The van der Waals surface area contributed by atoms with E-state index in [1.165, 1.54) is 0 Å². The van der Waals surface area contributed by atoms with Crippen LogP contribution in [0.2, 0.25) is 0 Å². The van der Waals surface area contributed by atoms with Crippen LogP contribution in [0.4, 0.5) is 0 Å². The van der Waals surface area contributed by atoms with Crippen molar-refractivity contribution in [1.29, 1.82) is 0 Å². The van der Waals surface area contributed by atoms with Gasteiger partial charge in [0.05, 0.1) is 33.8 Å². The van der Waals surface area contributed by atoms with Crippen molar-refractivity contribution in [3.63, 3.8) is 0 Å². The number of hydrogen-bond donors (Lipinski definition) is 0. The predicted molar refractivity (Wildman–Crippen MR) is 158 cm³/mol. The van der Waals surface area contributed by atoms with Gasteiger partial charge in [0.25, 0.3) is 11.8 Å². The van der Waals surface area contributed by atoms with Crippen LogP contribution in [-0.4, -0.2) is 67.7 Å². The minimum atomic E-state index is -0.0985. The monoisotopic (exact) mass is 532 g/mol. The van der Waals surface area contributed by atoms with E-state index >= 15 is 0 Å². The van der Waals surface area contributed by atoms with Crippen molar-refractivity contribution in [1.82, 2.24) is 29.7 Å². The fourth-order valence-electron chi connectivity index (χ4n) is 4.79. The van der Waals surface area contributed by atoms with Crippen molar-refractivity contribution in [2.75, 3.05) is 26.2 Å². The second kappa shape index (κ2) is 11.6. The number of hydrogen-bond acceptors (Lipinski definition) is 6. The Balaban J connectivity index is 1.57. The Kier molecular flexibility index (Phi) is 7.77. The van der Waals surface area contributed by atoms with E-state index in [4.69, 9.17) is 9.97 Å². The molecule has 202 valence electrons. The molecule has 5 rings (SSSR count). The van der Waals surface area contributed by atoms with E-state index in [9.17, 15) is 9.59 Å². The molecule has 0 radical (unpaired) electrons. The zero-order valence-corrected chi connectivity index (χ0v) is 23.3. The maximum absolute atomic E-state index is 12.9. The molecule has 0 bridgehead atoms. The molecular formula is C32H32N6O2. The van der Waals surface area contributed by atoms with Gasteiger partial charge in [-0.25, -0.2) is 19.9 Å². The van der Waals surface area contributed by atoms with Gasteiger partial charge in [-0.15, -0.1) is 0 Å². The summed E-state index contributed by atoms with van der Waals surface area (Å²) in [7, 11) is 0. The van der Waals surface area contributed by atoms with Crippen LogP contribution in [0.15, 0.2) is 72.8 Å². The number of amides is 2. The third-order valence-corrected chi connectivity index (χ3v) is 7.08. The first-order chi connectivity index (χ1) is 19.5. The van der Waals surface area contributed by atoms with Gasteiger partial charge in [0.1, 0.15) is 11.4 Å². The van der Waals surface area contributed by atoms with Crippen molar-refractivity contribution >= 4 is 33.6 Å². The number of rotatable bonds is 8. The van der Waals surface area contributed by atoms with E-state index in [-0.39, 0.29) is 11.8 Å². The summed E-state index contributed by atoms with van der Waals surface area (Å²) < 4.78 is 0. The lowest BCUT2D eigenvalue weighted by Gasteiger charge is -2.18. The molecule has 8 heteroatoms. The van der Waals surface area contributed by atoms with Crippen LogP contribution >= 0.6 is 0 Å². The van der Waals surface area contributed by atoms with Crippen LogP contribution in [-0.2, 0) is 0 Å². The van der Waals surface area contributed by atoms with Gasteiger partial charge in [-0.2, -0.15) is 0 Å². The van der Waals surface area contributed by atoms with Gasteiger partial charge in [-0.3, -0.25) is 9.59 Å². The van der Waals surface area contributed by atoms with Crippen LogP contribution in [0.1, 0.15) is 48.7 Å². The third kappa shape index (κ3) is 5.12. The SMILES string of the molecule is CCN(CC)C(=O)c1cccc(-c2ccc3ccc4ccc(-c5cccc(C(=O)N(CC)CC)n5)nc4c3n2)n1. The molecule has 4 aromatic heterocycles. The van der Waals surface area contributed by atoms with E-state index in [1.807, 2.05) is 88.4 Å². The zero-order valence-electron chi connectivity index (χ0n) is 23.3. The average molecular weight is 533 g/mol. The van der Waals surface area contributed by atoms with Gasteiger partial charge < -0.3 is 9.80 Å². The molecule has 5 aromatic rings. The molecule has 1 aromatic carbocycles. The first-order valence-electron chi connectivity index (χ1n) is 13.7. The fraction of sp³-hybridized carbons (Fsp3) is 0.250. The predicted octanol–water partition coefficient (Wildman–Crippen LogP) is 5.87. The highest BCUT2D eigenvalue weighted by Gasteiger charge is 2.17. The molecule has 2 amide bonds. The molecule has 0 N–H and O–H groups in total. The summed E-state index contributed by atoms with van der Waals surface area (Å²) in [4.78, 5) is 48.5. The molecule has 0 unspecified atom stereocenters. The lowest BCUT2D eigenvalue weighted by Crippen LogP contribution is -2.31. The zero-order chi connectivity index (χ0) is 28.2. The van der Waals surface area contributed by atoms with Gasteiger partial charge in [0.15, 0.2) is 0 Å². The van der Waals surface area contributed by atoms with E-state index < -0.39 is 0 Å². The highest BCUT2D eigenvalue weighted by Crippen LogP contribution is 2.28. The number of carbonyl (C=O) groups excluding carboxylic acids is 2. The smallest absolute Gasteiger partial charge is 0.272 e. The summed E-state index contributed by atoms with van der Waals surface area (Å²) in [6.45, 7) is 10.3. The van der Waals surface area contributed by atoms with Crippen LogP contribution in [0.25, 0.3) is 44.6 Å². The van der Waals surface area contributed by atoms with Crippen molar-refractivity contribution in [2.24, 2.45) is 0 Å². The highest BCUT2D eigenvalue weighted by atomic mass is 16.2. The van der Waals surface area contributed by atoms with Crippen molar-refractivity contribution in [3.8, 4) is 22.8 Å². The molecule has 8 nitrogen and oxygen atoms in total. The van der Waals surface area contributed by atoms with Crippen LogP contribution in [0.5, 0.6) is 0 Å². The first-order valence-corrected chi connectivity index (χ1v) is 13.7. The molecule has 0 aliphatic rings. The Morgan fingerprint density at radius 2 is 0.850 bits per heavy atom. The average Bonchev–Trinajstić information content (AvgIpc) is 3.01. The van der Waals surface area contributed by atoms with Crippen LogP contribution < -0.4 is 0 Å². The van der Waals surface area contributed by atoms with Crippen LogP contribution in [0.3, 0.4) is 0 Å². The van der Waals surface area contributed by atoms with E-state index in [1.54, 1.807) is 21.9 Å². The first kappa shape index (κ1) is 26.9. The molecule has 0 aliphatic heterocycles. The number of fused-ring (bicyclic) bond motifs is 3. The van der Waals surface area contributed by atoms with Gasteiger partial charge in [0.2, 0.25) is 0 Å². The topological polar surface area (TPSA) is 92.2 Å². The molecule has 0 fully saturated rings. The lowest BCUT2D eigenvalue weighted by atomic mass is 10.1. The van der Waals surface area contributed by atoms with Crippen molar-refractivity contribution in [2.45, 2.75) is 27.7 Å². The molecular weight excluding hydrogens is 500 g/mol. The van der Waals surface area contributed by atoms with Gasteiger partial charge in [0, 0.05) is 37.0 Å². The summed E-state index contributed by atoms with van der Waals surface area (Å²) in [5, 5.41) is 1.88. The Hall–Kier alpha value is -4.72. The Morgan fingerprint density at radius 3 is 1.23 bits per heavy atom. The minimum absolute atomic E-state index is 0.0985. The Morgan fingerprint density at radius 1 is 0.500 bits per heavy atom. The third-order valence-electron chi connectivity index (χ3n) is 7.08. The molecule has 0 aliphatic carbocycles. The summed E-state index contributed by atoms with van der Waals surface area (Å²) in [6, 6.07) is 22.7. The van der Waals surface area contributed by atoms with E-state index in [2.05, 4.69) is 9.97 Å². The highest BCUT2D eigenvalue weighted by molar-refractivity contribution is 6.04. The maximum Gasteiger partial charge on any atom is 0.272 e. The van der Waals surface area contributed by atoms with Gasteiger partial charge >= 0.3 is 0 Å². The number of pyridine rings is 4.